The van der Waals surface area contributed by atoms with Gasteiger partial charge in [-0.15, -0.1) is 0 Å². The molecule has 1 N–H and O–H groups in total. The molecule has 1 amide bonds. The van der Waals surface area contributed by atoms with Crippen molar-refractivity contribution in [3.05, 3.63) is 66.6 Å². The number of aryl methyl sites for hydroxylation is 1. The quantitative estimate of drug-likeness (QED) is 0.457. The second kappa shape index (κ2) is 9.96. The van der Waals surface area contributed by atoms with Gasteiger partial charge in [0.1, 0.15) is 0 Å². The molecule has 1 aromatic carbocycles. The van der Waals surface area contributed by atoms with E-state index in [0.29, 0.717) is 18.7 Å². The third-order valence-electron chi connectivity index (χ3n) is 6.14. The van der Waals surface area contributed by atoms with Crippen LogP contribution in [0.25, 0.3) is 22.3 Å². The van der Waals surface area contributed by atoms with Gasteiger partial charge in [0.15, 0.2) is 5.65 Å². The summed E-state index contributed by atoms with van der Waals surface area (Å²) in [6.45, 7) is 7.65. The molecule has 0 spiro atoms. The molecule has 5 rings (SSSR count). The molecule has 1 aliphatic rings. The number of aromatic nitrogens is 5. The Hall–Kier alpha value is -3.85. The molecule has 0 bridgehead atoms. The van der Waals surface area contributed by atoms with E-state index in [2.05, 4.69) is 30.2 Å². The van der Waals surface area contributed by atoms with Gasteiger partial charge in [0.05, 0.1) is 22.8 Å². The van der Waals surface area contributed by atoms with Crippen molar-refractivity contribution in [2.24, 2.45) is 0 Å². The first kappa shape index (κ1) is 22.0. The molecule has 9 nitrogen and oxygen atoms in total. The molecule has 0 unspecified atom stereocenters. The molecule has 1 aliphatic heterocycles. The average molecular weight is 457 g/mol. The van der Waals surface area contributed by atoms with Gasteiger partial charge in [-0.25, -0.2) is 19.6 Å². The summed E-state index contributed by atoms with van der Waals surface area (Å²) in [5.74, 6) is 0.676. The minimum atomic E-state index is -0.100. The second-order valence-corrected chi connectivity index (χ2v) is 8.25. The SMILES string of the molecule is CCn1ncc2c(C(=O)NCCN3CCN(c4ncccn4)CC3)cc(-c3ccccc3)nc21. The van der Waals surface area contributed by atoms with Crippen molar-refractivity contribution >= 4 is 22.9 Å². The van der Waals surface area contributed by atoms with Crippen LogP contribution in [0.15, 0.2) is 61.1 Å². The van der Waals surface area contributed by atoms with E-state index < -0.39 is 0 Å². The fourth-order valence-electron chi connectivity index (χ4n) is 4.27. The molecule has 34 heavy (non-hydrogen) atoms. The van der Waals surface area contributed by atoms with Crippen LogP contribution in [0.2, 0.25) is 0 Å². The first-order valence-corrected chi connectivity index (χ1v) is 11.7. The van der Waals surface area contributed by atoms with Crippen molar-refractivity contribution in [1.82, 2.24) is 34.9 Å². The maximum Gasteiger partial charge on any atom is 0.252 e. The highest BCUT2D eigenvalue weighted by Gasteiger charge is 2.20. The summed E-state index contributed by atoms with van der Waals surface area (Å²) in [5.41, 5.74) is 3.08. The standard InChI is InChI=1S/C25H28N8O/c1-2-33-23-21(18-29-33)20(17-22(30-23)19-7-4-3-5-8-19)24(34)26-11-12-31-13-15-32(16-14-31)25-27-9-6-10-28-25/h3-10,17-18H,2,11-16H2,1H3,(H,26,34). The number of nitrogens with one attached hydrogen (secondary N) is 1. The van der Waals surface area contributed by atoms with E-state index in [-0.39, 0.29) is 5.91 Å². The highest BCUT2D eigenvalue weighted by Crippen LogP contribution is 2.25. The number of piperazine rings is 1. The number of carbonyl (C=O) groups is 1. The van der Waals surface area contributed by atoms with Crippen LogP contribution in [-0.2, 0) is 6.54 Å². The van der Waals surface area contributed by atoms with Crippen molar-refractivity contribution < 1.29 is 4.79 Å². The number of nitrogens with zero attached hydrogens (tertiary/aromatic N) is 7. The summed E-state index contributed by atoms with van der Waals surface area (Å²) in [7, 11) is 0. The fraction of sp³-hybridized carbons (Fsp3) is 0.320. The predicted octanol–water partition coefficient (Wildman–Crippen LogP) is 2.46. The van der Waals surface area contributed by atoms with E-state index >= 15 is 0 Å². The largest absolute Gasteiger partial charge is 0.351 e. The number of anilines is 1. The number of fused-ring (bicyclic) bond motifs is 1. The molecule has 4 aromatic rings. The number of benzene rings is 1. The third-order valence-corrected chi connectivity index (χ3v) is 6.14. The van der Waals surface area contributed by atoms with Crippen LogP contribution >= 0.6 is 0 Å². The molecular formula is C25H28N8O. The summed E-state index contributed by atoms with van der Waals surface area (Å²) in [6, 6.07) is 13.6. The van der Waals surface area contributed by atoms with Gasteiger partial charge < -0.3 is 10.2 Å². The van der Waals surface area contributed by atoms with Crippen LogP contribution < -0.4 is 10.2 Å². The summed E-state index contributed by atoms with van der Waals surface area (Å²) in [5, 5.41) is 8.31. The molecule has 174 valence electrons. The number of carbonyl (C=O) groups excluding carboxylic acids is 1. The van der Waals surface area contributed by atoms with Crippen molar-refractivity contribution in [2.45, 2.75) is 13.5 Å². The first-order valence-electron chi connectivity index (χ1n) is 11.7. The van der Waals surface area contributed by atoms with Gasteiger partial charge in [-0.05, 0) is 19.1 Å². The van der Waals surface area contributed by atoms with E-state index in [0.717, 1.165) is 61.0 Å². The third kappa shape index (κ3) is 4.60. The lowest BCUT2D eigenvalue weighted by Gasteiger charge is -2.34. The Kier molecular flexibility index (Phi) is 6.44. The van der Waals surface area contributed by atoms with Crippen molar-refractivity contribution in [3.63, 3.8) is 0 Å². The van der Waals surface area contributed by atoms with Crippen molar-refractivity contribution in [1.29, 1.82) is 0 Å². The van der Waals surface area contributed by atoms with E-state index in [1.54, 1.807) is 18.6 Å². The van der Waals surface area contributed by atoms with Crippen molar-refractivity contribution in [2.75, 3.05) is 44.2 Å². The minimum absolute atomic E-state index is 0.100. The maximum atomic E-state index is 13.2. The average Bonchev–Trinajstić information content (AvgIpc) is 3.32. The number of hydrogen-bond acceptors (Lipinski definition) is 7. The highest BCUT2D eigenvalue weighted by molar-refractivity contribution is 6.06. The van der Waals surface area contributed by atoms with Crippen LogP contribution in [0.5, 0.6) is 0 Å². The monoisotopic (exact) mass is 456 g/mol. The van der Waals surface area contributed by atoms with Crippen LogP contribution in [-0.4, -0.2) is 74.8 Å². The zero-order chi connectivity index (χ0) is 23.3. The lowest BCUT2D eigenvalue weighted by atomic mass is 10.1. The van der Waals surface area contributed by atoms with Gasteiger partial charge in [0.25, 0.3) is 5.91 Å². The zero-order valence-corrected chi connectivity index (χ0v) is 19.3. The van der Waals surface area contributed by atoms with Crippen LogP contribution in [0.1, 0.15) is 17.3 Å². The Labute approximate surface area is 198 Å². The van der Waals surface area contributed by atoms with Gasteiger partial charge in [0, 0.05) is 63.8 Å². The molecule has 0 radical (unpaired) electrons. The summed E-state index contributed by atoms with van der Waals surface area (Å²) in [4.78, 5) is 31.2. The Bertz CT molecular complexity index is 1250. The molecule has 4 heterocycles. The Morgan fingerprint density at radius 3 is 2.53 bits per heavy atom. The number of pyridine rings is 1. The first-order chi connectivity index (χ1) is 16.7. The molecule has 3 aromatic heterocycles. The highest BCUT2D eigenvalue weighted by atomic mass is 16.1. The topological polar surface area (TPSA) is 92.1 Å². The predicted molar refractivity (Wildman–Crippen MR) is 132 cm³/mol. The number of rotatable bonds is 7. The van der Waals surface area contributed by atoms with Crippen LogP contribution in [0.3, 0.4) is 0 Å². The molecule has 9 heteroatoms. The van der Waals surface area contributed by atoms with Gasteiger partial charge in [-0.3, -0.25) is 9.69 Å². The summed E-state index contributed by atoms with van der Waals surface area (Å²) in [6.07, 6.45) is 5.28. The normalized spacial score (nSPS) is 14.4. The van der Waals surface area contributed by atoms with Crippen LogP contribution in [0, 0.1) is 0 Å². The van der Waals surface area contributed by atoms with Gasteiger partial charge >= 0.3 is 0 Å². The van der Waals surface area contributed by atoms with Gasteiger partial charge in [-0.1, -0.05) is 30.3 Å². The molecule has 1 saturated heterocycles. The zero-order valence-electron chi connectivity index (χ0n) is 19.3. The van der Waals surface area contributed by atoms with E-state index in [4.69, 9.17) is 4.98 Å². The van der Waals surface area contributed by atoms with Crippen molar-refractivity contribution in [3.8, 4) is 11.3 Å². The lowest BCUT2D eigenvalue weighted by Crippen LogP contribution is -2.49. The van der Waals surface area contributed by atoms with E-state index in [1.165, 1.54) is 0 Å². The van der Waals surface area contributed by atoms with E-state index in [1.807, 2.05) is 54.1 Å². The van der Waals surface area contributed by atoms with Crippen LogP contribution in [0.4, 0.5) is 5.95 Å². The van der Waals surface area contributed by atoms with Gasteiger partial charge in [-0.2, -0.15) is 5.10 Å². The Morgan fingerprint density at radius 1 is 1.03 bits per heavy atom. The molecule has 0 saturated carbocycles. The lowest BCUT2D eigenvalue weighted by molar-refractivity contribution is 0.0949. The van der Waals surface area contributed by atoms with Gasteiger partial charge in [0.2, 0.25) is 5.95 Å². The minimum Gasteiger partial charge on any atom is -0.351 e. The maximum absolute atomic E-state index is 13.2. The smallest absolute Gasteiger partial charge is 0.252 e. The molecule has 0 aliphatic carbocycles. The molecule has 1 fully saturated rings. The summed E-state index contributed by atoms with van der Waals surface area (Å²) >= 11 is 0. The summed E-state index contributed by atoms with van der Waals surface area (Å²) < 4.78 is 1.83. The second-order valence-electron chi connectivity index (χ2n) is 8.25. The fourth-order valence-corrected chi connectivity index (χ4v) is 4.27. The number of amides is 1. The Balaban J connectivity index is 1.25. The molecular weight excluding hydrogens is 428 g/mol. The number of hydrogen-bond donors (Lipinski definition) is 1. The van der Waals surface area contributed by atoms with E-state index in [9.17, 15) is 4.79 Å². The Morgan fingerprint density at radius 2 is 1.79 bits per heavy atom. The molecule has 0 atom stereocenters.